The third-order valence-electron chi connectivity index (χ3n) is 6.46. The standard InChI is InChI=1S/C25H22F4N6OS/c1-35(2)24-33-23-21(37-24)20(15-6-5-14(10-17(15)26)25(27,28)29)31-22(32-23)13-7-8-36-18(9-13)16-11-30-34-19(16)12-3-4-12/h5-6,9-12,18H,3-4,7-8H2,1-2H3,(H,30,34)/t18-/m1/s1. The third kappa shape index (κ3) is 4.48. The molecule has 4 aromatic rings. The Bertz CT molecular complexity index is 1520. The molecule has 1 aromatic carbocycles. The average molecular weight is 531 g/mol. The molecule has 1 N–H and O–H groups in total. The summed E-state index contributed by atoms with van der Waals surface area (Å²) in [6.07, 6.45) is 1.52. The Balaban J connectivity index is 1.48. The number of hydrogen-bond acceptors (Lipinski definition) is 7. The number of ether oxygens (including phenoxy) is 1. The zero-order chi connectivity index (χ0) is 25.9. The number of fused-ring (bicyclic) bond motifs is 1. The van der Waals surface area contributed by atoms with Crippen LogP contribution >= 0.6 is 11.3 Å². The van der Waals surface area contributed by atoms with Crippen LogP contribution in [-0.2, 0) is 10.9 Å². The fourth-order valence-electron chi connectivity index (χ4n) is 4.41. The molecule has 0 saturated heterocycles. The van der Waals surface area contributed by atoms with E-state index >= 15 is 4.39 Å². The minimum Gasteiger partial charge on any atom is -0.369 e. The number of nitrogens with zero attached hydrogens (tertiary/aromatic N) is 5. The minimum atomic E-state index is -4.65. The van der Waals surface area contributed by atoms with E-state index in [1.807, 2.05) is 26.4 Å². The van der Waals surface area contributed by atoms with Crippen molar-refractivity contribution in [1.82, 2.24) is 25.1 Å². The summed E-state index contributed by atoms with van der Waals surface area (Å²) in [5.74, 6) is -0.223. The number of aromatic amines is 1. The molecule has 0 spiro atoms. The quantitative estimate of drug-likeness (QED) is 0.313. The predicted octanol–water partition coefficient (Wildman–Crippen LogP) is 6.12. The second kappa shape index (κ2) is 8.88. The Morgan fingerprint density at radius 3 is 2.65 bits per heavy atom. The lowest BCUT2D eigenvalue weighted by atomic mass is 10.0. The van der Waals surface area contributed by atoms with Crippen molar-refractivity contribution >= 4 is 32.4 Å². The highest BCUT2D eigenvalue weighted by atomic mass is 32.1. The van der Waals surface area contributed by atoms with E-state index in [0.29, 0.717) is 46.3 Å². The van der Waals surface area contributed by atoms with Gasteiger partial charge in [-0.05, 0) is 49.1 Å². The van der Waals surface area contributed by atoms with Gasteiger partial charge in [0.15, 0.2) is 16.6 Å². The highest BCUT2D eigenvalue weighted by molar-refractivity contribution is 7.22. The van der Waals surface area contributed by atoms with Gasteiger partial charge < -0.3 is 9.64 Å². The lowest BCUT2D eigenvalue weighted by molar-refractivity contribution is -0.137. The third-order valence-corrected chi connectivity index (χ3v) is 7.68. The second-order valence-electron chi connectivity index (χ2n) is 9.37. The van der Waals surface area contributed by atoms with E-state index in [1.165, 1.54) is 11.3 Å². The lowest BCUT2D eigenvalue weighted by Gasteiger charge is -2.22. The predicted molar refractivity (Wildman–Crippen MR) is 132 cm³/mol. The van der Waals surface area contributed by atoms with E-state index in [9.17, 15) is 13.2 Å². The molecule has 0 unspecified atom stereocenters. The zero-order valence-corrected chi connectivity index (χ0v) is 20.8. The van der Waals surface area contributed by atoms with Gasteiger partial charge in [0, 0.05) is 37.3 Å². The molecule has 0 bridgehead atoms. The van der Waals surface area contributed by atoms with Crippen LogP contribution in [0.1, 0.15) is 53.9 Å². The summed E-state index contributed by atoms with van der Waals surface area (Å²) in [5, 5.41) is 7.96. The molecule has 0 radical (unpaired) electrons. The Labute approximate surface area is 213 Å². The number of benzene rings is 1. The summed E-state index contributed by atoms with van der Waals surface area (Å²) in [4.78, 5) is 15.7. The van der Waals surface area contributed by atoms with Crippen LogP contribution in [0.25, 0.3) is 27.2 Å². The summed E-state index contributed by atoms with van der Waals surface area (Å²) in [7, 11) is 3.64. The molecule has 3 aromatic heterocycles. The molecular formula is C25H22F4N6OS. The van der Waals surface area contributed by atoms with Crippen molar-refractivity contribution in [3.8, 4) is 11.3 Å². The molecule has 4 heterocycles. The molecule has 7 nitrogen and oxygen atoms in total. The van der Waals surface area contributed by atoms with Crippen molar-refractivity contribution in [1.29, 1.82) is 0 Å². The first-order chi connectivity index (χ1) is 17.7. The van der Waals surface area contributed by atoms with Crippen molar-refractivity contribution in [2.45, 2.75) is 37.5 Å². The maximum Gasteiger partial charge on any atom is 0.416 e. The highest BCUT2D eigenvalue weighted by Gasteiger charge is 2.33. The topological polar surface area (TPSA) is 79.8 Å². The highest BCUT2D eigenvalue weighted by Crippen LogP contribution is 2.44. The van der Waals surface area contributed by atoms with Crippen molar-refractivity contribution in [3.63, 3.8) is 0 Å². The molecule has 1 saturated carbocycles. The van der Waals surface area contributed by atoms with Crippen LogP contribution in [0.5, 0.6) is 0 Å². The molecule has 1 aliphatic carbocycles. The van der Waals surface area contributed by atoms with Crippen molar-refractivity contribution in [3.05, 3.63) is 58.9 Å². The van der Waals surface area contributed by atoms with Crippen molar-refractivity contribution in [2.75, 3.05) is 25.6 Å². The van der Waals surface area contributed by atoms with E-state index < -0.39 is 17.6 Å². The molecule has 0 amide bonds. The van der Waals surface area contributed by atoms with Crippen LogP contribution < -0.4 is 4.90 Å². The maximum absolute atomic E-state index is 15.1. The fourth-order valence-corrected chi connectivity index (χ4v) is 5.34. The Hall–Kier alpha value is -3.38. The molecule has 2 aliphatic rings. The van der Waals surface area contributed by atoms with Gasteiger partial charge in [0.05, 0.1) is 23.6 Å². The van der Waals surface area contributed by atoms with Crippen molar-refractivity contribution < 1.29 is 22.3 Å². The maximum atomic E-state index is 15.1. The Kier molecular flexibility index (Phi) is 5.75. The van der Waals surface area contributed by atoms with Gasteiger partial charge in [0.2, 0.25) is 0 Å². The van der Waals surface area contributed by atoms with Crippen LogP contribution in [-0.4, -0.2) is 45.9 Å². The summed E-state index contributed by atoms with van der Waals surface area (Å²) in [6, 6.07) is 2.48. The SMILES string of the molecule is CN(C)c1nc2nc(C3=C[C@H](c4c[nH]nc4C4CC4)OCC3)nc(-c3ccc(C(F)(F)F)cc3F)c2s1. The number of rotatable bonds is 5. The summed E-state index contributed by atoms with van der Waals surface area (Å²) in [5.41, 5.74) is 2.25. The van der Waals surface area contributed by atoms with Crippen LogP contribution in [0.4, 0.5) is 22.7 Å². The molecule has 37 heavy (non-hydrogen) atoms. The van der Waals surface area contributed by atoms with Crippen molar-refractivity contribution in [2.24, 2.45) is 0 Å². The van der Waals surface area contributed by atoms with E-state index in [0.717, 1.165) is 41.8 Å². The molecule has 12 heteroatoms. The number of anilines is 1. The van der Waals surface area contributed by atoms with Gasteiger partial charge in [0.25, 0.3) is 0 Å². The average Bonchev–Trinajstić information content (AvgIpc) is 3.41. The smallest absolute Gasteiger partial charge is 0.369 e. The number of aromatic nitrogens is 5. The van der Waals surface area contributed by atoms with Gasteiger partial charge in [-0.15, -0.1) is 0 Å². The van der Waals surface area contributed by atoms with Gasteiger partial charge >= 0.3 is 6.18 Å². The van der Waals surface area contributed by atoms with E-state index in [2.05, 4.69) is 25.1 Å². The fraction of sp³-hybridized carbons (Fsp3) is 0.360. The number of alkyl halides is 3. The minimum absolute atomic E-state index is 0.0364. The van der Waals surface area contributed by atoms with Crippen LogP contribution in [0, 0.1) is 5.82 Å². The Morgan fingerprint density at radius 2 is 1.95 bits per heavy atom. The molecule has 6 rings (SSSR count). The van der Waals surface area contributed by atoms with Gasteiger partial charge in [0.1, 0.15) is 16.6 Å². The first-order valence-corrected chi connectivity index (χ1v) is 12.6. The summed E-state index contributed by atoms with van der Waals surface area (Å²) in [6.45, 7) is 0.428. The van der Waals surface area contributed by atoms with Gasteiger partial charge in [-0.3, -0.25) is 5.10 Å². The number of hydrogen-bond donors (Lipinski definition) is 1. The van der Waals surface area contributed by atoms with E-state index in [4.69, 9.17) is 4.74 Å². The lowest BCUT2D eigenvalue weighted by Crippen LogP contribution is -2.13. The number of halogens is 4. The first-order valence-electron chi connectivity index (χ1n) is 11.8. The van der Waals surface area contributed by atoms with Gasteiger partial charge in [-0.25, -0.2) is 14.4 Å². The van der Waals surface area contributed by atoms with Crippen LogP contribution in [0.3, 0.4) is 0 Å². The number of H-pyrrole nitrogens is 1. The largest absolute Gasteiger partial charge is 0.416 e. The molecule has 192 valence electrons. The molecule has 1 atom stereocenters. The normalized spacial score (nSPS) is 18.3. The van der Waals surface area contributed by atoms with Gasteiger partial charge in [-0.2, -0.15) is 23.3 Å². The van der Waals surface area contributed by atoms with Crippen LogP contribution in [0.15, 0.2) is 30.5 Å². The monoisotopic (exact) mass is 530 g/mol. The summed E-state index contributed by atoms with van der Waals surface area (Å²) >= 11 is 1.26. The molecule has 1 fully saturated rings. The number of nitrogens with one attached hydrogen (secondary N) is 1. The first kappa shape index (κ1) is 24.0. The van der Waals surface area contributed by atoms with Gasteiger partial charge in [-0.1, -0.05) is 11.3 Å². The number of thiazole rings is 1. The Morgan fingerprint density at radius 1 is 1.14 bits per heavy atom. The zero-order valence-electron chi connectivity index (χ0n) is 19.9. The second-order valence-corrected chi connectivity index (χ2v) is 10.3. The molecule has 1 aliphatic heterocycles. The summed E-state index contributed by atoms with van der Waals surface area (Å²) < 4.78 is 61.1. The van der Waals surface area contributed by atoms with E-state index in [-0.39, 0.29) is 17.4 Å². The molecular weight excluding hydrogens is 508 g/mol. The van der Waals surface area contributed by atoms with E-state index in [1.54, 1.807) is 4.90 Å². The van der Waals surface area contributed by atoms with Crippen LogP contribution in [0.2, 0.25) is 0 Å².